The summed E-state index contributed by atoms with van der Waals surface area (Å²) in [7, 11) is 0. The van der Waals surface area contributed by atoms with E-state index in [2.05, 4.69) is 21.3 Å². The van der Waals surface area contributed by atoms with Crippen molar-refractivity contribution in [3.63, 3.8) is 0 Å². The van der Waals surface area contributed by atoms with Gasteiger partial charge < -0.3 is 25.2 Å². The molecule has 166 valence electrons. The smallest absolute Gasteiger partial charge is 0.175 e. The van der Waals surface area contributed by atoms with E-state index in [0.717, 1.165) is 53.8 Å². The van der Waals surface area contributed by atoms with Crippen LogP contribution in [-0.4, -0.2) is 49.2 Å². The number of allylic oxidation sites excluding steroid dienone is 2. The number of rotatable bonds is 10. The van der Waals surface area contributed by atoms with Gasteiger partial charge in [-0.3, -0.25) is 0 Å². The van der Waals surface area contributed by atoms with Gasteiger partial charge in [0.1, 0.15) is 5.75 Å². The van der Waals surface area contributed by atoms with Crippen molar-refractivity contribution in [1.82, 2.24) is 15.2 Å². The Bertz CT molecular complexity index is 889. The number of hydrogen-bond donors (Lipinski definition) is 1. The monoisotopic (exact) mass is 439 g/mol. The lowest BCUT2D eigenvalue weighted by molar-refractivity contribution is 0.205. The van der Waals surface area contributed by atoms with Gasteiger partial charge in [-0.2, -0.15) is 0 Å². The lowest BCUT2D eigenvalue weighted by atomic mass is 10.1. The molecule has 0 aliphatic carbocycles. The second kappa shape index (κ2) is 11.3. The largest absolute Gasteiger partial charge is 0.757 e. The molecule has 2 aliphatic heterocycles. The molecule has 2 aliphatic rings. The Morgan fingerprint density at radius 2 is 2.13 bits per heavy atom. The van der Waals surface area contributed by atoms with E-state index in [1.54, 1.807) is 0 Å². The van der Waals surface area contributed by atoms with Crippen LogP contribution in [0.3, 0.4) is 0 Å². The molecule has 1 N–H and O–H groups in total. The Labute approximate surface area is 188 Å². The molecule has 2 aromatic rings. The number of likely N-dealkylation sites (tertiary alicyclic amines) is 1. The third-order valence-electron chi connectivity index (χ3n) is 5.66. The molecule has 3 heterocycles. The highest BCUT2D eigenvalue weighted by Crippen LogP contribution is 2.26. The summed E-state index contributed by atoms with van der Waals surface area (Å²) < 4.78 is 5.95. The van der Waals surface area contributed by atoms with Gasteiger partial charge in [-0.15, -0.1) is 11.3 Å². The zero-order valence-corrected chi connectivity index (χ0v) is 18.8. The molecule has 1 aromatic carbocycles. The molecular weight excluding hydrogens is 408 g/mol. The van der Waals surface area contributed by atoms with Gasteiger partial charge in [0, 0.05) is 30.6 Å². The molecule has 0 saturated carbocycles. The van der Waals surface area contributed by atoms with Crippen molar-refractivity contribution >= 4 is 22.0 Å². The predicted octanol–water partition coefficient (Wildman–Crippen LogP) is 4.45. The Hall–Kier alpha value is -2.35. The molecular formula is C24H31N4O2S-. The first-order valence-electron chi connectivity index (χ1n) is 11.2. The lowest BCUT2D eigenvalue weighted by Gasteiger charge is -2.27. The van der Waals surface area contributed by atoms with Crippen LogP contribution in [0.25, 0.3) is 5.57 Å². The van der Waals surface area contributed by atoms with Crippen molar-refractivity contribution in [3.8, 4) is 5.75 Å². The number of thiazole rings is 1. The standard InChI is InChI=1S/C24H31N4O2S/c29-28(24-26-23(19-31-24)21-8-11-25-12-9-21)16-10-20-6-4-7-22(18-20)30-17-5-15-27-13-2-1-3-14-27/h4,6-9,11,18-19,25H,1-3,5,10,12-17H2/q-1. The summed E-state index contributed by atoms with van der Waals surface area (Å²) in [6.45, 7) is 5.47. The third kappa shape index (κ3) is 6.56. The normalized spacial score (nSPS) is 16.6. The zero-order chi connectivity index (χ0) is 21.3. The average Bonchev–Trinajstić information content (AvgIpc) is 3.32. The Morgan fingerprint density at radius 1 is 1.23 bits per heavy atom. The van der Waals surface area contributed by atoms with Crippen molar-refractivity contribution in [2.24, 2.45) is 0 Å². The summed E-state index contributed by atoms with van der Waals surface area (Å²) in [6, 6.07) is 8.09. The van der Waals surface area contributed by atoms with E-state index in [1.807, 2.05) is 41.9 Å². The quantitative estimate of drug-likeness (QED) is 0.436. The maximum Gasteiger partial charge on any atom is 0.175 e. The number of hydroxylamine groups is 1. The number of nitrogens with one attached hydrogen (secondary N) is 1. The van der Waals surface area contributed by atoms with E-state index >= 15 is 0 Å². The highest BCUT2D eigenvalue weighted by atomic mass is 32.1. The minimum atomic E-state index is 0.377. The van der Waals surface area contributed by atoms with Crippen LogP contribution in [0.1, 0.15) is 36.9 Å². The van der Waals surface area contributed by atoms with E-state index in [1.165, 1.54) is 43.7 Å². The average molecular weight is 440 g/mol. The highest BCUT2D eigenvalue weighted by molar-refractivity contribution is 7.13. The van der Waals surface area contributed by atoms with Gasteiger partial charge in [-0.1, -0.05) is 24.6 Å². The van der Waals surface area contributed by atoms with Gasteiger partial charge >= 0.3 is 0 Å². The first-order chi connectivity index (χ1) is 15.3. The summed E-state index contributed by atoms with van der Waals surface area (Å²) in [5.74, 6) is 0.884. The summed E-state index contributed by atoms with van der Waals surface area (Å²) in [5.41, 5.74) is 3.02. The number of hydrogen-bond acceptors (Lipinski definition) is 7. The molecule has 1 saturated heterocycles. The molecule has 0 amide bonds. The fraction of sp³-hybridized carbons (Fsp3) is 0.458. The molecule has 0 bridgehead atoms. The van der Waals surface area contributed by atoms with Crippen molar-refractivity contribution in [3.05, 3.63) is 64.5 Å². The van der Waals surface area contributed by atoms with Crippen LogP contribution in [0.4, 0.5) is 5.13 Å². The van der Waals surface area contributed by atoms with Crippen molar-refractivity contribution in [1.29, 1.82) is 0 Å². The zero-order valence-electron chi connectivity index (χ0n) is 18.0. The minimum absolute atomic E-state index is 0.377. The fourth-order valence-corrected chi connectivity index (χ4v) is 4.70. The molecule has 1 aromatic heterocycles. The Balaban J connectivity index is 1.22. The SMILES string of the molecule is [O-]N(CCc1cccc(OCCCN2CCCCC2)c1)c1nc(C2=CCNC=C2)cs1. The number of benzene rings is 1. The van der Waals surface area contributed by atoms with Crippen LogP contribution in [0.2, 0.25) is 0 Å². The van der Waals surface area contributed by atoms with Crippen LogP contribution in [0.5, 0.6) is 5.75 Å². The lowest BCUT2D eigenvalue weighted by Crippen LogP contribution is -2.31. The van der Waals surface area contributed by atoms with E-state index in [4.69, 9.17) is 4.74 Å². The molecule has 0 spiro atoms. The number of ether oxygens (including phenoxy) is 1. The number of piperidine rings is 1. The molecule has 6 nitrogen and oxygen atoms in total. The first kappa shape index (κ1) is 21.9. The Kier molecular flexibility index (Phi) is 7.98. The maximum atomic E-state index is 12.5. The van der Waals surface area contributed by atoms with Gasteiger partial charge in [-0.05, 0) is 68.7 Å². The molecule has 0 radical (unpaired) electrons. The van der Waals surface area contributed by atoms with E-state index in [9.17, 15) is 5.21 Å². The molecule has 4 rings (SSSR count). The van der Waals surface area contributed by atoms with E-state index in [0.29, 0.717) is 18.1 Å². The first-order valence-corrected chi connectivity index (χ1v) is 12.1. The number of dihydropyridines is 1. The van der Waals surface area contributed by atoms with E-state index < -0.39 is 0 Å². The number of nitrogens with zero attached hydrogens (tertiary/aromatic N) is 3. The maximum absolute atomic E-state index is 12.5. The van der Waals surface area contributed by atoms with Gasteiger partial charge in [-0.25, -0.2) is 4.98 Å². The Morgan fingerprint density at radius 3 is 2.97 bits per heavy atom. The minimum Gasteiger partial charge on any atom is -0.757 e. The predicted molar refractivity (Wildman–Crippen MR) is 128 cm³/mol. The van der Waals surface area contributed by atoms with Gasteiger partial charge in [0.15, 0.2) is 5.13 Å². The van der Waals surface area contributed by atoms with Crippen LogP contribution in [0, 0.1) is 5.21 Å². The van der Waals surface area contributed by atoms with E-state index in [-0.39, 0.29) is 0 Å². The molecule has 0 atom stereocenters. The molecule has 31 heavy (non-hydrogen) atoms. The van der Waals surface area contributed by atoms with Gasteiger partial charge in [0.2, 0.25) is 0 Å². The molecule has 0 unspecified atom stereocenters. The van der Waals surface area contributed by atoms with Crippen molar-refractivity contribution < 1.29 is 4.74 Å². The number of aromatic nitrogens is 1. The van der Waals surface area contributed by atoms with Crippen molar-refractivity contribution in [2.75, 3.05) is 44.4 Å². The van der Waals surface area contributed by atoms with Crippen LogP contribution < -0.4 is 15.1 Å². The van der Waals surface area contributed by atoms with Crippen LogP contribution in [0.15, 0.2) is 48.0 Å². The number of anilines is 1. The molecule has 7 heteroatoms. The second-order valence-electron chi connectivity index (χ2n) is 8.02. The van der Waals surface area contributed by atoms with Crippen LogP contribution >= 0.6 is 11.3 Å². The summed E-state index contributed by atoms with van der Waals surface area (Å²) >= 11 is 1.39. The van der Waals surface area contributed by atoms with Crippen LogP contribution in [-0.2, 0) is 6.42 Å². The fourth-order valence-electron chi connectivity index (χ4n) is 3.93. The summed E-state index contributed by atoms with van der Waals surface area (Å²) in [5, 5.41) is 19.1. The third-order valence-corrected chi connectivity index (χ3v) is 6.51. The second-order valence-corrected chi connectivity index (χ2v) is 8.86. The van der Waals surface area contributed by atoms with Gasteiger partial charge in [0.25, 0.3) is 0 Å². The summed E-state index contributed by atoms with van der Waals surface area (Å²) in [6.07, 6.45) is 11.7. The van der Waals surface area contributed by atoms with Crippen molar-refractivity contribution in [2.45, 2.75) is 32.1 Å². The highest BCUT2D eigenvalue weighted by Gasteiger charge is 2.10. The van der Waals surface area contributed by atoms with Gasteiger partial charge in [0.05, 0.1) is 12.3 Å². The molecule has 1 fully saturated rings. The summed E-state index contributed by atoms with van der Waals surface area (Å²) in [4.78, 5) is 7.04. The topological polar surface area (TPSA) is 63.7 Å².